The van der Waals surface area contributed by atoms with Gasteiger partial charge in [0.2, 0.25) is 11.8 Å². The molecule has 0 bridgehead atoms. The van der Waals surface area contributed by atoms with Gasteiger partial charge in [0.15, 0.2) is 0 Å². The van der Waals surface area contributed by atoms with Crippen molar-refractivity contribution in [1.82, 2.24) is 10.2 Å². The predicted octanol–water partition coefficient (Wildman–Crippen LogP) is 3.91. The highest BCUT2D eigenvalue weighted by Crippen LogP contribution is 2.23. The molecule has 0 unspecified atom stereocenters. The van der Waals surface area contributed by atoms with E-state index in [2.05, 4.69) is 15.5 Å². The highest BCUT2D eigenvalue weighted by molar-refractivity contribution is 7.99. The van der Waals surface area contributed by atoms with Gasteiger partial charge in [0.25, 0.3) is 5.22 Å². The monoisotopic (exact) mass is 343 g/mol. The summed E-state index contributed by atoms with van der Waals surface area (Å²) in [6.07, 6.45) is 0. The second-order valence-electron chi connectivity index (χ2n) is 5.03. The largest absolute Gasteiger partial charge is 0.411 e. The number of carbonyl (C=O) groups excluding carboxylic acids is 1. The molecule has 3 rings (SSSR count). The normalized spacial score (nSPS) is 10.6. The molecule has 3 aromatic rings. The Morgan fingerprint density at radius 3 is 2.67 bits per heavy atom. The number of hydrogen-bond acceptors (Lipinski definition) is 5. The molecular weight excluding hydrogens is 329 g/mol. The summed E-state index contributed by atoms with van der Waals surface area (Å²) in [4.78, 5) is 12.0. The lowest BCUT2D eigenvalue weighted by atomic mass is 10.2. The van der Waals surface area contributed by atoms with Gasteiger partial charge in [0.1, 0.15) is 5.82 Å². The fourth-order valence-corrected chi connectivity index (χ4v) is 2.57. The third-order valence-corrected chi connectivity index (χ3v) is 4.06. The topological polar surface area (TPSA) is 68.0 Å². The Labute approximate surface area is 142 Å². The lowest BCUT2D eigenvalue weighted by molar-refractivity contribution is -0.113. The molecule has 24 heavy (non-hydrogen) atoms. The van der Waals surface area contributed by atoms with Crippen molar-refractivity contribution >= 4 is 23.4 Å². The van der Waals surface area contributed by atoms with Crippen LogP contribution in [0, 0.1) is 12.7 Å². The number of aromatic nitrogens is 2. The third kappa shape index (κ3) is 3.99. The van der Waals surface area contributed by atoms with Gasteiger partial charge in [-0.3, -0.25) is 4.79 Å². The summed E-state index contributed by atoms with van der Waals surface area (Å²) < 4.78 is 18.4. The minimum atomic E-state index is -0.333. The molecule has 0 fully saturated rings. The molecule has 7 heteroatoms. The first-order valence-corrected chi connectivity index (χ1v) is 8.18. The Balaban J connectivity index is 1.58. The van der Waals surface area contributed by atoms with Crippen LogP contribution in [0.25, 0.3) is 11.5 Å². The zero-order chi connectivity index (χ0) is 16.9. The van der Waals surface area contributed by atoms with Crippen LogP contribution < -0.4 is 5.32 Å². The molecule has 5 nitrogen and oxygen atoms in total. The fraction of sp³-hybridized carbons (Fsp3) is 0.118. The quantitative estimate of drug-likeness (QED) is 0.711. The van der Waals surface area contributed by atoms with Crippen LogP contribution in [0.2, 0.25) is 0 Å². The Kier molecular flexibility index (Phi) is 4.90. The number of thioether (sulfide) groups is 1. The summed E-state index contributed by atoms with van der Waals surface area (Å²) in [6.45, 7) is 1.93. The zero-order valence-corrected chi connectivity index (χ0v) is 13.6. The van der Waals surface area contributed by atoms with Crippen molar-refractivity contribution in [3.05, 3.63) is 59.9 Å². The number of hydrogen-bond donors (Lipinski definition) is 1. The molecule has 0 aliphatic rings. The molecule has 0 spiro atoms. The van der Waals surface area contributed by atoms with Crippen LogP contribution in [0.3, 0.4) is 0 Å². The number of anilines is 1. The summed E-state index contributed by atoms with van der Waals surface area (Å²) in [6, 6.07) is 13.3. The van der Waals surface area contributed by atoms with Gasteiger partial charge in [0, 0.05) is 11.3 Å². The maximum absolute atomic E-state index is 12.9. The second kappa shape index (κ2) is 7.27. The van der Waals surface area contributed by atoms with E-state index >= 15 is 0 Å². The van der Waals surface area contributed by atoms with E-state index in [9.17, 15) is 9.18 Å². The van der Waals surface area contributed by atoms with Crippen LogP contribution in [-0.4, -0.2) is 21.9 Å². The van der Waals surface area contributed by atoms with Crippen LogP contribution in [0.15, 0.2) is 58.2 Å². The minimum Gasteiger partial charge on any atom is -0.411 e. The molecule has 122 valence electrons. The first-order valence-electron chi connectivity index (χ1n) is 7.19. The van der Waals surface area contributed by atoms with Crippen LogP contribution in [0.4, 0.5) is 10.1 Å². The fourth-order valence-electron chi connectivity index (χ4n) is 2.00. The Morgan fingerprint density at radius 1 is 1.17 bits per heavy atom. The first-order chi connectivity index (χ1) is 11.6. The number of halogens is 1. The van der Waals surface area contributed by atoms with Gasteiger partial charge in [-0.15, -0.1) is 10.2 Å². The highest BCUT2D eigenvalue weighted by Gasteiger charge is 2.12. The summed E-state index contributed by atoms with van der Waals surface area (Å²) in [5.74, 6) is -0.0484. The lowest BCUT2D eigenvalue weighted by Crippen LogP contribution is -2.14. The number of para-hydroxylation sites is 1. The molecule has 0 saturated carbocycles. The van der Waals surface area contributed by atoms with Crippen molar-refractivity contribution in [3.8, 4) is 11.5 Å². The predicted molar refractivity (Wildman–Crippen MR) is 90.2 cm³/mol. The van der Waals surface area contributed by atoms with Crippen molar-refractivity contribution < 1.29 is 13.6 Å². The summed E-state index contributed by atoms with van der Waals surface area (Å²) in [5.41, 5.74) is 2.40. The van der Waals surface area contributed by atoms with E-state index in [1.807, 2.05) is 31.2 Å². The molecule has 1 amide bonds. The van der Waals surface area contributed by atoms with Gasteiger partial charge >= 0.3 is 0 Å². The van der Waals surface area contributed by atoms with Crippen LogP contribution >= 0.6 is 11.8 Å². The molecule has 1 N–H and O–H groups in total. The van der Waals surface area contributed by atoms with Crippen molar-refractivity contribution in [2.24, 2.45) is 0 Å². The van der Waals surface area contributed by atoms with E-state index in [1.54, 1.807) is 12.1 Å². The van der Waals surface area contributed by atoms with Crippen LogP contribution in [-0.2, 0) is 4.79 Å². The maximum atomic E-state index is 12.9. The standard InChI is InChI=1S/C17H14FN3O2S/c1-11-4-2-3-5-14(11)19-15(22)10-24-17-21-20-16(23-17)12-6-8-13(18)9-7-12/h2-9H,10H2,1H3,(H,19,22). The van der Waals surface area contributed by atoms with E-state index in [-0.39, 0.29) is 28.6 Å². The molecule has 0 atom stereocenters. The number of carbonyl (C=O) groups is 1. The van der Waals surface area contributed by atoms with Crippen molar-refractivity contribution in [2.75, 3.05) is 11.1 Å². The van der Waals surface area contributed by atoms with Gasteiger partial charge in [-0.25, -0.2) is 4.39 Å². The summed E-state index contributed by atoms with van der Waals surface area (Å²) in [5, 5.41) is 10.9. The molecule has 2 aromatic carbocycles. The average Bonchev–Trinajstić information content (AvgIpc) is 3.05. The van der Waals surface area contributed by atoms with E-state index in [0.29, 0.717) is 5.56 Å². The van der Waals surface area contributed by atoms with Crippen molar-refractivity contribution in [1.29, 1.82) is 0 Å². The Morgan fingerprint density at radius 2 is 1.92 bits per heavy atom. The number of rotatable bonds is 5. The van der Waals surface area contributed by atoms with Gasteiger partial charge < -0.3 is 9.73 Å². The van der Waals surface area contributed by atoms with Gasteiger partial charge in [-0.05, 0) is 42.8 Å². The van der Waals surface area contributed by atoms with Crippen molar-refractivity contribution in [3.63, 3.8) is 0 Å². The van der Waals surface area contributed by atoms with Crippen molar-refractivity contribution in [2.45, 2.75) is 12.1 Å². The van der Waals surface area contributed by atoms with Crippen LogP contribution in [0.5, 0.6) is 0 Å². The maximum Gasteiger partial charge on any atom is 0.277 e. The molecular formula is C17H14FN3O2S. The molecule has 1 heterocycles. The summed E-state index contributed by atoms with van der Waals surface area (Å²) >= 11 is 1.15. The number of nitrogens with one attached hydrogen (secondary N) is 1. The summed E-state index contributed by atoms with van der Waals surface area (Å²) in [7, 11) is 0. The SMILES string of the molecule is Cc1ccccc1NC(=O)CSc1nnc(-c2ccc(F)cc2)o1. The third-order valence-electron chi connectivity index (χ3n) is 3.24. The molecule has 0 saturated heterocycles. The van der Waals surface area contributed by atoms with Gasteiger partial charge in [0.05, 0.1) is 5.75 Å². The number of benzene rings is 2. The molecule has 0 radical (unpaired) electrons. The Hall–Kier alpha value is -2.67. The van der Waals surface area contributed by atoms with Gasteiger partial charge in [-0.1, -0.05) is 30.0 Å². The minimum absolute atomic E-state index is 0.152. The van der Waals surface area contributed by atoms with E-state index in [4.69, 9.17) is 4.42 Å². The zero-order valence-electron chi connectivity index (χ0n) is 12.8. The second-order valence-corrected chi connectivity index (χ2v) is 5.96. The first kappa shape index (κ1) is 16.2. The smallest absolute Gasteiger partial charge is 0.277 e. The van der Waals surface area contributed by atoms with E-state index in [1.165, 1.54) is 12.1 Å². The molecule has 0 aliphatic heterocycles. The van der Waals surface area contributed by atoms with E-state index in [0.717, 1.165) is 23.0 Å². The number of aryl methyl sites for hydroxylation is 1. The number of nitrogens with zero attached hydrogens (tertiary/aromatic N) is 2. The Bertz CT molecular complexity index is 849. The number of amides is 1. The molecule has 1 aromatic heterocycles. The molecule has 0 aliphatic carbocycles. The van der Waals surface area contributed by atoms with E-state index < -0.39 is 0 Å². The average molecular weight is 343 g/mol. The van der Waals surface area contributed by atoms with Gasteiger partial charge in [-0.2, -0.15) is 0 Å². The lowest BCUT2D eigenvalue weighted by Gasteiger charge is -2.06. The van der Waals surface area contributed by atoms with Crippen LogP contribution in [0.1, 0.15) is 5.56 Å². The highest BCUT2D eigenvalue weighted by atomic mass is 32.2.